The number of amides is 2. The smallest absolute Gasteiger partial charge is 0.274 e. The fraction of sp³-hybridized carbons (Fsp3) is 0.226. The minimum atomic E-state index is -0.238. The lowest BCUT2D eigenvalue weighted by Gasteiger charge is -2.32. The van der Waals surface area contributed by atoms with Gasteiger partial charge < -0.3 is 19.7 Å². The monoisotopic (exact) mass is 522 g/mol. The number of nitrogens with one attached hydrogen (secondary N) is 1. The first-order valence-corrected chi connectivity index (χ1v) is 13.1. The van der Waals surface area contributed by atoms with Gasteiger partial charge in [0.15, 0.2) is 0 Å². The van der Waals surface area contributed by atoms with Gasteiger partial charge in [0, 0.05) is 18.8 Å². The van der Waals surface area contributed by atoms with Gasteiger partial charge in [-0.2, -0.15) is 0 Å². The summed E-state index contributed by atoms with van der Waals surface area (Å²) in [6.45, 7) is 3.67. The Balaban J connectivity index is 1.16. The molecule has 39 heavy (non-hydrogen) atoms. The molecule has 5 rings (SSSR count). The molecular formula is C31H30N4O4. The molecule has 0 spiro atoms. The fourth-order valence-corrected chi connectivity index (χ4v) is 4.62. The van der Waals surface area contributed by atoms with Crippen LogP contribution in [0.4, 0.5) is 5.69 Å². The highest BCUT2D eigenvalue weighted by atomic mass is 16.5. The zero-order valence-electron chi connectivity index (χ0n) is 21.7. The number of ether oxygens (including phenoxy) is 2. The van der Waals surface area contributed by atoms with E-state index in [1.165, 1.54) is 18.0 Å². The van der Waals surface area contributed by atoms with Gasteiger partial charge in [-0.05, 0) is 67.6 Å². The molecule has 8 nitrogen and oxygen atoms in total. The van der Waals surface area contributed by atoms with E-state index >= 15 is 0 Å². The van der Waals surface area contributed by atoms with E-state index in [4.69, 9.17) is 9.47 Å². The highest BCUT2D eigenvalue weighted by molar-refractivity contribution is 6.06. The molecule has 1 fully saturated rings. The van der Waals surface area contributed by atoms with Gasteiger partial charge in [-0.15, -0.1) is 0 Å². The van der Waals surface area contributed by atoms with E-state index in [0.29, 0.717) is 59.9 Å². The molecule has 0 radical (unpaired) electrons. The number of piperidine rings is 1. The van der Waals surface area contributed by atoms with E-state index in [0.717, 1.165) is 12.8 Å². The Morgan fingerprint density at radius 3 is 2.31 bits per heavy atom. The number of hydrogen-bond acceptors (Lipinski definition) is 6. The van der Waals surface area contributed by atoms with Crippen LogP contribution in [0.1, 0.15) is 52.1 Å². The third-order valence-corrected chi connectivity index (χ3v) is 6.66. The molecule has 4 aromatic rings. The number of benzene rings is 3. The van der Waals surface area contributed by atoms with Crippen LogP contribution in [0.25, 0.3) is 0 Å². The van der Waals surface area contributed by atoms with Crippen LogP contribution in [-0.2, 0) is 0 Å². The average Bonchev–Trinajstić information content (AvgIpc) is 2.99. The van der Waals surface area contributed by atoms with Crippen molar-refractivity contribution in [2.75, 3.05) is 25.0 Å². The van der Waals surface area contributed by atoms with Gasteiger partial charge in [0.1, 0.15) is 17.2 Å². The Labute approximate surface area is 227 Å². The summed E-state index contributed by atoms with van der Waals surface area (Å²) in [7, 11) is 0. The maximum atomic E-state index is 13.0. The minimum absolute atomic E-state index is 0.112. The van der Waals surface area contributed by atoms with Crippen molar-refractivity contribution in [1.82, 2.24) is 14.9 Å². The molecule has 8 heteroatoms. The second-order valence-electron chi connectivity index (χ2n) is 9.23. The van der Waals surface area contributed by atoms with E-state index in [-0.39, 0.29) is 11.8 Å². The first-order chi connectivity index (χ1) is 19.1. The number of carbonyl (C=O) groups excluding carboxylic acids is 2. The molecule has 0 bridgehead atoms. The van der Waals surface area contributed by atoms with Crippen molar-refractivity contribution in [2.45, 2.75) is 25.7 Å². The van der Waals surface area contributed by atoms with Gasteiger partial charge in [-0.25, -0.2) is 9.97 Å². The van der Waals surface area contributed by atoms with Gasteiger partial charge in [0.25, 0.3) is 11.8 Å². The third-order valence-electron chi connectivity index (χ3n) is 6.66. The number of likely N-dealkylation sites (tertiary alicyclic amines) is 1. The van der Waals surface area contributed by atoms with E-state index in [1.807, 2.05) is 78.6 Å². The number of aromatic nitrogens is 2. The summed E-state index contributed by atoms with van der Waals surface area (Å²) in [4.78, 5) is 36.1. The highest BCUT2D eigenvalue weighted by Crippen LogP contribution is 2.30. The molecule has 1 saturated heterocycles. The van der Waals surface area contributed by atoms with Crippen molar-refractivity contribution in [3.05, 3.63) is 108 Å². The molecular weight excluding hydrogens is 492 g/mol. The van der Waals surface area contributed by atoms with Crippen molar-refractivity contribution in [2.24, 2.45) is 0 Å². The van der Waals surface area contributed by atoms with Gasteiger partial charge in [0.2, 0.25) is 5.88 Å². The number of nitrogens with zero attached hydrogens (tertiary/aromatic N) is 3. The minimum Gasteiger partial charge on any atom is -0.477 e. The maximum absolute atomic E-state index is 13.0. The largest absolute Gasteiger partial charge is 0.477 e. The van der Waals surface area contributed by atoms with Crippen molar-refractivity contribution in [1.29, 1.82) is 0 Å². The van der Waals surface area contributed by atoms with E-state index in [2.05, 4.69) is 15.3 Å². The normalized spacial score (nSPS) is 13.5. The van der Waals surface area contributed by atoms with Gasteiger partial charge >= 0.3 is 0 Å². The molecule has 1 aromatic heterocycles. The summed E-state index contributed by atoms with van der Waals surface area (Å²) in [5.41, 5.74) is 2.68. The number of hydrogen-bond donors (Lipinski definition) is 1. The predicted molar refractivity (Wildman–Crippen MR) is 148 cm³/mol. The van der Waals surface area contributed by atoms with Crippen LogP contribution < -0.4 is 14.8 Å². The summed E-state index contributed by atoms with van der Waals surface area (Å²) in [5.74, 6) is 1.57. The second-order valence-corrected chi connectivity index (χ2v) is 9.23. The van der Waals surface area contributed by atoms with Crippen LogP contribution >= 0.6 is 0 Å². The molecule has 0 saturated carbocycles. The van der Waals surface area contributed by atoms with Crippen LogP contribution in [0.3, 0.4) is 0 Å². The number of anilines is 1. The van der Waals surface area contributed by atoms with Crippen molar-refractivity contribution in [3.8, 4) is 17.4 Å². The topological polar surface area (TPSA) is 93.7 Å². The summed E-state index contributed by atoms with van der Waals surface area (Å²) < 4.78 is 11.2. The molecule has 1 aliphatic heterocycles. The highest BCUT2D eigenvalue weighted by Gasteiger charge is 2.25. The lowest BCUT2D eigenvalue weighted by Crippen LogP contribution is -2.38. The number of rotatable bonds is 8. The third kappa shape index (κ3) is 6.41. The molecule has 3 aromatic carbocycles. The second kappa shape index (κ2) is 12.2. The summed E-state index contributed by atoms with van der Waals surface area (Å²) in [6, 6.07) is 24.5. The first-order valence-electron chi connectivity index (χ1n) is 13.1. The predicted octanol–water partition coefficient (Wildman–Crippen LogP) is 5.94. The lowest BCUT2D eigenvalue weighted by molar-refractivity contribution is 0.0706. The molecule has 1 aliphatic rings. The Morgan fingerprint density at radius 1 is 0.897 bits per heavy atom. The van der Waals surface area contributed by atoms with Crippen molar-refractivity contribution in [3.63, 3.8) is 0 Å². The van der Waals surface area contributed by atoms with Gasteiger partial charge in [-0.1, -0.05) is 42.5 Å². The molecule has 0 unspecified atom stereocenters. The quantitative estimate of drug-likeness (QED) is 0.308. The van der Waals surface area contributed by atoms with Gasteiger partial charge in [0.05, 0.1) is 24.6 Å². The lowest BCUT2D eigenvalue weighted by atomic mass is 9.89. The van der Waals surface area contributed by atoms with Crippen LogP contribution in [0.15, 0.2) is 91.3 Å². The number of para-hydroxylation sites is 2. The van der Waals surface area contributed by atoms with E-state index < -0.39 is 0 Å². The SMILES string of the molecule is CCOc1cnc(C(=O)N2CCC(c3ccc(NC(=O)c4ccccc4Oc4ccccc4)cc3)CC2)cn1. The molecule has 0 aliphatic carbocycles. The summed E-state index contributed by atoms with van der Waals surface area (Å²) >= 11 is 0. The average molecular weight is 523 g/mol. The Kier molecular flexibility index (Phi) is 8.12. The zero-order chi connectivity index (χ0) is 27.0. The Bertz CT molecular complexity index is 1400. The van der Waals surface area contributed by atoms with Crippen LogP contribution in [-0.4, -0.2) is 46.4 Å². The Hall–Kier alpha value is -4.72. The number of carbonyl (C=O) groups is 2. The first kappa shape index (κ1) is 25.9. The van der Waals surface area contributed by atoms with Gasteiger partial charge in [-0.3, -0.25) is 9.59 Å². The van der Waals surface area contributed by atoms with Crippen molar-refractivity contribution >= 4 is 17.5 Å². The van der Waals surface area contributed by atoms with Crippen LogP contribution in [0.2, 0.25) is 0 Å². The molecule has 1 N–H and O–H groups in total. The Morgan fingerprint density at radius 2 is 1.62 bits per heavy atom. The van der Waals surface area contributed by atoms with Crippen molar-refractivity contribution < 1.29 is 19.1 Å². The molecule has 2 heterocycles. The summed E-state index contributed by atoms with van der Waals surface area (Å²) in [6.07, 6.45) is 4.66. The van der Waals surface area contributed by atoms with E-state index in [1.54, 1.807) is 12.1 Å². The molecule has 2 amide bonds. The fourth-order valence-electron chi connectivity index (χ4n) is 4.62. The maximum Gasteiger partial charge on any atom is 0.274 e. The van der Waals surface area contributed by atoms with Crippen LogP contribution in [0, 0.1) is 0 Å². The van der Waals surface area contributed by atoms with Crippen LogP contribution in [0.5, 0.6) is 17.4 Å². The molecule has 198 valence electrons. The zero-order valence-corrected chi connectivity index (χ0v) is 21.7. The standard InChI is InChI=1S/C31H30N4O4/c1-2-38-29-21-32-27(20-33-29)31(37)35-18-16-23(17-19-35)22-12-14-24(15-13-22)34-30(36)26-10-6-7-11-28(26)39-25-8-4-3-5-9-25/h3-15,20-21,23H,2,16-19H2,1H3,(H,34,36). The summed E-state index contributed by atoms with van der Waals surface area (Å²) in [5, 5.41) is 2.97. The molecule has 0 atom stereocenters. The van der Waals surface area contributed by atoms with E-state index in [9.17, 15) is 9.59 Å².